The Morgan fingerprint density at radius 3 is 2.62 bits per heavy atom. The number of hydrogen-bond acceptors (Lipinski definition) is 2. The largest absolute Gasteiger partial charge is 0.328 e. The Kier molecular flexibility index (Phi) is 6.64. The Morgan fingerprint density at radius 1 is 1.31 bits per heavy atom. The molecule has 4 heteroatoms. The molecule has 0 heterocycles. The van der Waals surface area contributed by atoms with E-state index >= 15 is 0 Å². The third-order valence-corrected chi connectivity index (χ3v) is 4.81. The second-order valence-corrected chi connectivity index (χ2v) is 6.82. The molecule has 0 aromatic rings. The fourth-order valence-corrected chi connectivity index (χ4v) is 3.50. The van der Waals surface area contributed by atoms with Crippen LogP contribution in [-0.4, -0.2) is 17.7 Å². The van der Waals surface area contributed by atoms with Gasteiger partial charge in [0.15, 0.2) is 0 Å². The van der Waals surface area contributed by atoms with E-state index in [9.17, 15) is 9.46 Å². The van der Waals surface area contributed by atoms with Gasteiger partial charge in [-0.2, -0.15) is 0 Å². The smallest absolute Gasteiger partial charge is 0.324 e. The molecule has 3 nitrogen and oxygen atoms in total. The predicted octanol–water partition coefficient (Wildman–Crippen LogP) is 3.96. The van der Waals surface area contributed by atoms with E-state index in [1.165, 1.54) is 32.1 Å². The molecule has 1 fully saturated rings. The van der Waals surface area contributed by atoms with E-state index in [4.69, 9.17) is 4.52 Å². The Labute approximate surface area is 99.1 Å². The van der Waals surface area contributed by atoms with E-state index < -0.39 is 7.60 Å². The van der Waals surface area contributed by atoms with Crippen LogP contribution in [0.4, 0.5) is 0 Å². The highest BCUT2D eigenvalue weighted by Crippen LogP contribution is 2.43. The molecular formula is C12H25O3P. The summed E-state index contributed by atoms with van der Waals surface area (Å²) < 4.78 is 16.7. The highest BCUT2D eigenvalue weighted by Gasteiger charge is 2.19. The van der Waals surface area contributed by atoms with Gasteiger partial charge in [-0.05, 0) is 18.8 Å². The molecule has 1 atom stereocenters. The van der Waals surface area contributed by atoms with Gasteiger partial charge in [0.05, 0.1) is 6.61 Å². The molecule has 16 heavy (non-hydrogen) atoms. The zero-order valence-electron chi connectivity index (χ0n) is 10.4. The Balaban J connectivity index is 2.10. The van der Waals surface area contributed by atoms with Gasteiger partial charge in [-0.1, -0.05) is 45.4 Å². The van der Waals surface area contributed by atoms with Gasteiger partial charge < -0.3 is 9.42 Å². The van der Waals surface area contributed by atoms with E-state index in [1.807, 2.05) is 6.92 Å². The van der Waals surface area contributed by atoms with Crippen LogP contribution in [0.2, 0.25) is 0 Å². The van der Waals surface area contributed by atoms with Crippen molar-refractivity contribution < 1.29 is 14.0 Å². The van der Waals surface area contributed by atoms with Gasteiger partial charge in [0, 0.05) is 6.16 Å². The molecule has 1 aliphatic carbocycles. The molecular weight excluding hydrogens is 223 g/mol. The van der Waals surface area contributed by atoms with Gasteiger partial charge in [0.1, 0.15) is 0 Å². The summed E-state index contributed by atoms with van der Waals surface area (Å²) in [7, 11) is -3.28. The van der Waals surface area contributed by atoms with Gasteiger partial charge >= 0.3 is 7.60 Å². The van der Waals surface area contributed by atoms with Gasteiger partial charge in [-0.3, -0.25) is 4.57 Å². The normalized spacial score (nSPS) is 21.9. The molecule has 0 aliphatic heterocycles. The predicted molar refractivity (Wildman–Crippen MR) is 66.7 cm³/mol. The molecule has 1 aliphatic rings. The molecule has 0 amide bonds. The highest BCUT2D eigenvalue weighted by molar-refractivity contribution is 7.52. The van der Waals surface area contributed by atoms with Crippen LogP contribution >= 0.6 is 7.60 Å². The zero-order valence-corrected chi connectivity index (χ0v) is 11.3. The third kappa shape index (κ3) is 6.03. The minimum atomic E-state index is -3.28. The van der Waals surface area contributed by atoms with Crippen molar-refractivity contribution in [1.29, 1.82) is 0 Å². The first kappa shape index (κ1) is 14.2. The first-order valence-electron chi connectivity index (χ1n) is 6.60. The second kappa shape index (κ2) is 7.47. The summed E-state index contributed by atoms with van der Waals surface area (Å²) >= 11 is 0. The number of rotatable bonds is 7. The molecule has 1 rings (SSSR count). The van der Waals surface area contributed by atoms with Crippen molar-refractivity contribution in [3.63, 3.8) is 0 Å². The van der Waals surface area contributed by atoms with Gasteiger partial charge in [0.2, 0.25) is 0 Å². The van der Waals surface area contributed by atoms with Crippen molar-refractivity contribution in [2.75, 3.05) is 12.8 Å². The van der Waals surface area contributed by atoms with Crippen LogP contribution in [0.1, 0.15) is 58.3 Å². The molecule has 1 N–H and O–H groups in total. The van der Waals surface area contributed by atoms with E-state index in [2.05, 4.69) is 0 Å². The third-order valence-electron chi connectivity index (χ3n) is 3.34. The quantitative estimate of drug-likeness (QED) is 0.694. The van der Waals surface area contributed by atoms with E-state index in [0.717, 1.165) is 25.2 Å². The maximum absolute atomic E-state index is 11.5. The maximum atomic E-state index is 11.5. The lowest BCUT2D eigenvalue weighted by atomic mass is 9.87. The van der Waals surface area contributed by atoms with Crippen molar-refractivity contribution in [3.8, 4) is 0 Å². The summed E-state index contributed by atoms with van der Waals surface area (Å²) in [6.07, 6.45) is 9.52. The molecule has 0 bridgehead atoms. The van der Waals surface area contributed by atoms with Crippen LogP contribution in [0.5, 0.6) is 0 Å². The molecule has 0 radical (unpaired) electrons. The summed E-state index contributed by atoms with van der Waals surface area (Å²) in [5.74, 6) is 0.722. The number of hydrogen-bond donors (Lipinski definition) is 1. The Bertz CT molecular complexity index is 224. The summed E-state index contributed by atoms with van der Waals surface area (Å²) in [5.41, 5.74) is 0. The molecule has 96 valence electrons. The van der Waals surface area contributed by atoms with Gasteiger partial charge in [-0.25, -0.2) is 0 Å². The monoisotopic (exact) mass is 248 g/mol. The molecule has 1 unspecified atom stereocenters. The summed E-state index contributed by atoms with van der Waals surface area (Å²) in [6.45, 7) is 2.48. The summed E-state index contributed by atoms with van der Waals surface area (Å²) in [6, 6.07) is 0. The fraction of sp³-hybridized carbons (Fsp3) is 1.00. The zero-order chi connectivity index (χ0) is 11.9. The molecule has 1 saturated carbocycles. The van der Waals surface area contributed by atoms with Crippen LogP contribution < -0.4 is 0 Å². The van der Waals surface area contributed by atoms with Crippen LogP contribution in [0.3, 0.4) is 0 Å². The average molecular weight is 248 g/mol. The molecule has 0 aromatic heterocycles. The second-order valence-electron chi connectivity index (χ2n) is 4.84. The van der Waals surface area contributed by atoms with Crippen molar-refractivity contribution in [2.45, 2.75) is 58.3 Å². The summed E-state index contributed by atoms with van der Waals surface area (Å²) in [4.78, 5) is 9.51. The maximum Gasteiger partial charge on any atom is 0.328 e. The van der Waals surface area contributed by atoms with Crippen LogP contribution in [-0.2, 0) is 9.09 Å². The summed E-state index contributed by atoms with van der Waals surface area (Å²) in [5, 5.41) is 0. The lowest BCUT2D eigenvalue weighted by Gasteiger charge is -2.21. The van der Waals surface area contributed by atoms with E-state index in [1.54, 1.807) is 0 Å². The minimum absolute atomic E-state index is 0.314. The fourth-order valence-electron chi connectivity index (χ4n) is 2.26. The Hall–Kier alpha value is 0.150. The van der Waals surface area contributed by atoms with Crippen molar-refractivity contribution >= 4 is 7.60 Å². The van der Waals surface area contributed by atoms with Gasteiger partial charge in [-0.15, -0.1) is 0 Å². The van der Waals surface area contributed by atoms with Crippen LogP contribution in [0.25, 0.3) is 0 Å². The lowest BCUT2D eigenvalue weighted by molar-refractivity contribution is 0.219. The first-order chi connectivity index (χ1) is 7.64. The van der Waals surface area contributed by atoms with E-state index in [0.29, 0.717) is 12.8 Å². The molecule has 0 spiro atoms. The first-order valence-corrected chi connectivity index (χ1v) is 8.36. The van der Waals surface area contributed by atoms with Crippen molar-refractivity contribution in [1.82, 2.24) is 0 Å². The van der Waals surface area contributed by atoms with Crippen molar-refractivity contribution in [2.24, 2.45) is 5.92 Å². The average Bonchev–Trinajstić information content (AvgIpc) is 2.28. The lowest BCUT2D eigenvalue weighted by Crippen LogP contribution is -2.09. The standard InChI is InChI=1S/C12H25O3P/c1-2-3-11-16(13,14)15-10-9-12-7-5-4-6-8-12/h12H,2-11H2,1H3,(H,13,14). The SMILES string of the molecule is CCCCP(=O)(O)OCCC1CCCCC1. The number of unbranched alkanes of at least 4 members (excludes halogenated alkanes) is 1. The van der Waals surface area contributed by atoms with Crippen LogP contribution in [0.15, 0.2) is 0 Å². The van der Waals surface area contributed by atoms with Crippen LogP contribution in [0, 0.1) is 5.92 Å². The van der Waals surface area contributed by atoms with Crippen molar-refractivity contribution in [3.05, 3.63) is 0 Å². The molecule has 0 saturated heterocycles. The van der Waals surface area contributed by atoms with E-state index in [-0.39, 0.29) is 0 Å². The Morgan fingerprint density at radius 2 is 2.00 bits per heavy atom. The highest BCUT2D eigenvalue weighted by atomic mass is 31.2. The minimum Gasteiger partial charge on any atom is -0.324 e. The topological polar surface area (TPSA) is 46.5 Å². The van der Waals surface area contributed by atoms with Gasteiger partial charge in [0.25, 0.3) is 0 Å². The molecule has 0 aromatic carbocycles.